The summed E-state index contributed by atoms with van der Waals surface area (Å²) in [5.41, 5.74) is 2.24. The van der Waals surface area contributed by atoms with Crippen molar-refractivity contribution >= 4 is 23.2 Å². The highest BCUT2D eigenvalue weighted by Gasteiger charge is 2.14. The fourth-order valence-electron chi connectivity index (χ4n) is 2.09. The van der Waals surface area contributed by atoms with E-state index in [9.17, 15) is 4.79 Å². The molecule has 6 nitrogen and oxygen atoms in total. The second-order valence-electron chi connectivity index (χ2n) is 4.71. The molecular formula is C16H13ClN4O2. The van der Waals surface area contributed by atoms with Gasteiger partial charge in [-0.3, -0.25) is 14.9 Å². The third-order valence-corrected chi connectivity index (χ3v) is 3.40. The van der Waals surface area contributed by atoms with Gasteiger partial charge in [0.1, 0.15) is 11.4 Å². The van der Waals surface area contributed by atoms with E-state index in [0.29, 0.717) is 33.4 Å². The number of amides is 1. The minimum Gasteiger partial charge on any atom is -0.497 e. The van der Waals surface area contributed by atoms with E-state index in [1.54, 1.807) is 24.4 Å². The minimum atomic E-state index is -0.315. The molecule has 0 saturated heterocycles. The summed E-state index contributed by atoms with van der Waals surface area (Å²) in [7, 11) is 1.52. The summed E-state index contributed by atoms with van der Waals surface area (Å²) in [4.78, 5) is 16.7. The van der Waals surface area contributed by atoms with E-state index in [2.05, 4.69) is 20.5 Å². The Kier molecular flexibility index (Phi) is 4.25. The number of carbonyl (C=O) groups is 1. The fraction of sp³-hybridized carbons (Fsp3) is 0.0625. The fourth-order valence-corrected chi connectivity index (χ4v) is 2.32. The molecule has 0 aliphatic carbocycles. The number of benzene rings is 1. The topological polar surface area (TPSA) is 79.9 Å². The Morgan fingerprint density at radius 3 is 2.91 bits per heavy atom. The van der Waals surface area contributed by atoms with Crippen molar-refractivity contribution in [3.63, 3.8) is 0 Å². The van der Waals surface area contributed by atoms with E-state index >= 15 is 0 Å². The van der Waals surface area contributed by atoms with Gasteiger partial charge in [0.25, 0.3) is 5.91 Å². The number of anilines is 1. The van der Waals surface area contributed by atoms with Gasteiger partial charge in [0.05, 0.1) is 24.7 Å². The van der Waals surface area contributed by atoms with Crippen molar-refractivity contribution < 1.29 is 9.53 Å². The first kappa shape index (κ1) is 15.1. The number of halogens is 1. The molecule has 1 amide bonds. The van der Waals surface area contributed by atoms with E-state index in [4.69, 9.17) is 16.3 Å². The molecule has 0 aliphatic heterocycles. The molecule has 0 fully saturated rings. The van der Waals surface area contributed by atoms with Crippen molar-refractivity contribution in [2.75, 3.05) is 12.4 Å². The first-order valence-electron chi connectivity index (χ1n) is 6.78. The number of nitrogens with one attached hydrogen (secondary N) is 2. The molecule has 3 aromatic rings. The highest BCUT2D eigenvalue weighted by atomic mass is 35.5. The van der Waals surface area contributed by atoms with E-state index in [-0.39, 0.29) is 5.91 Å². The molecule has 23 heavy (non-hydrogen) atoms. The quantitative estimate of drug-likeness (QED) is 0.769. The lowest BCUT2D eigenvalue weighted by Gasteiger charge is -2.08. The number of nitrogens with zero attached hydrogens (tertiary/aromatic N) is 2. The molecule has 1 aromatic carbocycles. The van der Waals surface area contributed by atoms with Crippen LogP contribution in [0, 0.1) is 0 Å². The van der Waals surface area contributed by atoms with Crippen LogP contribution in [0.3, 0.4) is 0 Å². The van der Waals surface area contributed by atoms with Crippen LogP contribution < -0.4 is 10.1 Å². The maximum Gasteiger partial charge on any atom is 0.255 e. The average molecular weight is 329 g/mol. The Morgan fingerprint density at radius 1 is 1.30 bits per heavy atom. The molecule has 0 radical (unpaired) electrons. The molecule has 0 saturated carbocycles. The molecule has 116 valence electrons. The van der Waals surface area contributed by atoms with Crippen molar-refractivity contribution in [3.05, 3.63) is 59.4 Å². The zero-order chi connectivity index (χ0) is 16.2. The van der Waals surface area contributed by atoms with Gasteiger partial charge in [-0.15, -0.1) is 0 Å². The van der Waals surface area contributed by atoms with E-state index in [1.165, 1.54) is 13.3 Å². The number of carbonyl (C=O) groups excluding carboxylic acids is 1. The Morgan fingerprint density at radius 2 is 2.17 bits per heavy atom. The average Bonchev–Trinajstić information content (AvgIpc) is 3.03. The van der Waals surface area contributed by atoms with Gasteiger partial charge in [0.2, 0.25) is 0 Å². The Bertz CT molecular complexity index is 833. The predicted octanol–water partition coefficient (Wildman–Crippen LogP) is 3.39. The molecule has 2 N–H and O–H groups in total. The van der Waals surface area contributed by atoms with E-state index < -0.39 is 0 Å². The van der Waals surface area contributed by atoms with Gasteiger partial charge < -0.3 is 10.1 Å². The molecule has 2 aromatic heterocycles. The lowest BCUT2D eigenvalue weighted by molar-refractivity contribution is 0.102. The normalized spacial score (nSPS) is 10.3. The predicted molar refractivity (Wildman–Crippen MR) is 87.8 cm³/mol. The summed E-state index contributed by atoms with van der Waals surface area (Å²) in [6.07, 6.45) is 3.20. The van der Waals surface area contributed by atoms with Crippen molar-refractivity contribution in [3.8, 4) is 17.1 Å². The van der Waals surface area contributed by atoms with Crippen LogP contribution in [0.4, 0.5) is 5.69 Å². The Hall–Kier alpha value is -2.86. The van der Waals surface area contributed by atoms with Gasteiger partial charge in [0.15, 0.2) is 0 Å². The molecule has 3 rings (SSSR count). The number of H-pyrrole nitrogens is 1. The van der Waals surface area contributed by atoms with Crippen LogP contribution in [0.1, 0.15) is 10.4 Å². The standard InChI is InChI=1S/C16H13ClN4O2/c1-23-12-7-10(6-11(17)8-12)16(22)20-14-9-19-21-15(14)13-4-2-3-5-18-13/h2-9H,1H3,(H,19,21)(H,20,22). The highest BCUT2D eigenvalue weighted by molar-refractivity contribution is 6.31. The number of hydrogen-bond donors (Lipinski definition) is 2. The van der Waals surface area contributed by atoms with Gasteiger partial charge in [0, 0.05) is 16.8 Å². The van der Waals surface area contributed by atoms with Crippen LogP contribution in [-0.2, 0) is 0 Å². The van der Waals surface area contributed by atoms with Crippen molar-refractivity contribution in [2.24, 2.45) is 0 Å². The zero-order valence-corrected chi connectivity index (χ0v) is 13.0. The van der Waals surface area contributed by atoms with Crippen molar-refractivity contribution in [1.82, 2.24) is 15.2 Å². The van der Waals surface area contributed by atoms with Crippen LogP contribution in [0.2, 0.25) is 5.02 Å². The summed E-state index contributed by atoms with van der Waals surface area (Å²) in [5, 5.41) is 10.0. The monoisotopic (exact) mass is 328 g/mol. The van der Waals surface area contributed by atoms with Gasteiger partial charge in [-0.25, -0.2) is 0 Å². The molecule has 0 bridgehead atoms. The van der Waals surface area contributed by atoms with Crippen LogP contribution in [-0.4, -0.2) is 28.2 Å². The van der Waals surface area contributed by atoms with Crippen LogP contribution >= 0.6 is 11.6 Å². The molecule has 0 unspecified atom stereocenters. The van der Waals surface area contributed by atoms with Crippen molar-refractivity contribution in [1.29, 1.82) is 0 Å². The van der Waals surface area contributed by atoms with Gasteiger partial charge >= 0.3 is 0 Å². The molecule has 0 aliphatic rings. The number of ether oxygens (including phenoxy) is 1. The summed E-state index contributed by atoms with van der Waals surface area (Å²) in [6.45, 7) is 0. The summed E-state index contributed by atoms with van der Waals surface area (Å²) >= 11 is 5.99. The summed E-state index contributed by atoms with van der Waals surface area (Å²) in [6, 6.07) is 10.3. The second-order valence-corrected chi connectivity index (χ2v) is 5.14. The maximum atomic E-state index is 12.4. The first-order valence-corrected chi connectivity index (χ1v) is 7.16. The molecule has 2 heterocycles. The Balaban J connectivity index is 1.87. The van der Waals surface area contributed by atoms with Gasteiger partial charge in [-0.2, -0.15) is 5.10 Å². The number of aromatic amines is 1. The van der Waals surface area contributed by atoms with Crippen LogP contribution in [0.5, 0.6) is 5.75 Å². The molecule has 0 atom stereocenters. The van der Waals surface area contributed by atoms with Gasteiger partial charge in [-0.05, 0) is 30.3 Å². The number of rotatable bonds is 4. The second kappa shape index (κ2) is 6.50. The van der Waals surface area contributed by atoms with E-state index in [1.807, 2.05) is 18.2 Å². The highest BCUT2D eigenvalue weighted by Crippen LogP contribution is 2.25. The van der Waals surface area contributed by atoms with Gasteiger partial charge in [-0.1, -0.05) is 17.7 Å². The minimum absolute atomic E-state index is 0.315. The number of pyridine rings is 1. The maximum absolute atomic E-state index is 12.4. The van der Waals surface area contributed by atoms with Crippen LogP contribution in [0.15, 0.2) is 48.8 Å². The third kappa shape index (κ3) is 3.32. The first-order chi connectivity index (χ1) is 11.2. The third-order valence-electron chi connectivity index (χ3n) is 3.18. The zero-order valence-electron chi connectivity index (χ0n) is 12.2. The molecular weight excluding hydrogens is 316 g/mol. The van der Waals surface area contributed by atoms with Crippen molar-refractivity contribution in [2.45, 2.75) is 0 Å². The Labute approximate surface area is 137 Å². The number of hydrogen-bond acceptors (Lipinski definition) is 4. The van der Waals surface area contributed by atoms with Crippen LogP contribution in [0.25, 0.3) is 11.4 Å². The molecule has 0 spiro atoms. The number of aromatic nitrogens is 3. The number of methoxy groups -OCH3 is 1. The SMILES string of the molecule is COc1cc(Cl)cc(C(=O)Nc2cn[nH]c2-c2ccccn2)c1. The smallest absolute Gasteiger partial charge is 0.255 e. The largest absolute Gasteiger partial charge is 0.497 e. The lowest BCUT2D eigenvalue weighted by atomic mass is 10.2. The summed E-state index contributed by atoms with van der Waals surface area (Å²) < 4.78 is 5.12. The van der Waals surface area contributed by atoms with E-state index in [0.717, 1.165) is 0 Å². The molecule has 7 heteroatoms. The summed E-state index contributed by atoms with van der Waals surface area (Å²) in [5.74, 6) is 0.198. The lowest BCUT2D eigenvalue weighted by Crippen LogP contribution is -2.12.